The molecule has 2 fully saturated rings. The maximum Gasteiger partial charge on any atom is 0.0654 e. The van der Waals surface area contributed by atoms with Crippen LogP contribution in [0.2, 0.25) is 0 Å². The Morgan fingerprint density at radius 1 is 0.762 bits per heavy atom. The molecule has 2 rings (SSSR count). The average Bonchev–Trinajstić information content (AvgIpc) is 2.88. The van der Waals surface area contributed by atoms with Gasteiger partial charge in [-0.1, -0.05) is 19.3 Å². The van der Waals surface area contributed by atoms with Crippen LogP contribution in [-0.2, 0) is 14.2 Å². The van der Waals surface area contributed by atoms with Gasteiger partial charge >= 0.3 is 0 Å². The van der Waals surface area contributed by atoms with Crippen molar-refractivity contribution in [2.45, 2.75) is 64.4 Å². The minimum Gasteiger partial charge on any atom is -0.384 e. The van der Waals surface area contributed by atoms with E-state index in [1.54, 1.807) is 14.2 Å². The second-order valence-electron chi connectivity index (χ2n) is 7.73. The first-order valence-electron chi connectivity index (χ1n) is 8.66. The predicted molar refractivity (Wildman–Crippen MR) is 85.5 cm³/mol. The van der Waals surface area contributed by atoms with Crippen molar-refractivity contribution in [2.75, 3.05) is 34.0 Å². The van der Waals surface area contributed by atoms with Crippen molar-refractivity contribution in [2.24, 2.45) is 17.3 Å². The molecule has 124 valence electrons. The molecule has 0 aromatic carbocycles. The maximum absolute atomic E-state index is 6.46. The number of rotatable bonds is 9. The van der Waals surface area contributed by atoms with E-state index in [2.05, 4.69) is 13.8 Å². The molecule has 0 radical (unpaired) electrons. The Kier molecular flexibility index (Phi) is 6.10. The van der Waals surface area contributed by atoms with Gasteiger partial charge in [-0.25, -0.2) is 0 Å². The number of hydrogen-bond acceptors (Lipinski definition) is 3. The molecule has 21 heavy (non-hydrogen) atoms. The average molecular weight is 298 g/mol. The summed E-state index contributed by atoms with van der Waals surface area (Å²) in [6, 6.07) is 0. The van der Waals surface area contributed by atoms with Crippen molar-refractivity contribution in [3.05, 3.63) is 0 Å². The van der Waals surface area contributed by atoms with Crippen LogP contribution < -0.4 is 0 Å². The minimum atomic E-state index is -0.0103. The molecule has 0 N–H and O–H groups in total. The summed E-state index contributed by atoms with van der Waals surface area (Å²) in [4.78, 5) is 0. The van der Waals surface area contributed by atoms with Gasteiger partial charge in [-0.3, -0.25) is 0 Å². The molecule has 0 bridgehead atoms. The quantitative estimate of drug-likeness (QED) is 0.642. The maximum atomic E-state index is 6.46. The normalized spacial score (nSPS) is 21.7. The Balaban J connectivity index is 2.02. The highest BCUT2D eigenvalue weighted by Crippen LogP contribution is 2.44. The molecule has 2 saturated carbocycles. The van der Waals surface area contributed by atoms with Crippen molar-refractivity contribution < 1.29 is 14.2 Å². The molecular weight excluding hydrogens is 264 g/mol. The Labute approximate surface area is 130 Å². The van der Waals surface area contributed by atoms with E-state index in [1.165, 1.54) is 44.9 Å². The molecule has 0 amide bonds. The largest absolute Gasteiger partial charge is 0.384 e. The van der Waals surface area contributed by atoms with Crippen molar-refractivity contribution in [1.29, 1.82) is 0 Å². The highest BCUT2D eigenvalue weighted by molar-refractivity contribution is 4.92. The van der Waals surface area contributed by atoms with E-state index in [1.807, 2.05) is 0 Å². The lowest BCUT2D eigenvalue weighted by Crippen LogP contribution is -2.47. The van der Waals surface area contributed by atoms with Crippen molar-refractivity contribution in [1.82, 2.24) is 0 Å². The molecule has 0 aliphatic heterocycles. The summed E-state index contributed by atoms with van der Waals surface area (Å²) in [5.41, 5.74) is 0.0185. The minimum absolute atomic E-state index is 0.0103. The van der Waals surface area contributed by atoms with Gasteiger partial charge in [-0.2, -0.15) is 0 Å². The van der Waals surface area contributed by atoms with Crippen molar-refractivity contribution >= 4 is 0 Å². The van der Waals surface area contributed by atoms with Gasteiger partial charge in [0.25, 0.3) is 0 Å². The molecule has 3 heteroatoms. The summed E-state index contributed by atoms with van der Waals surface area (Å²) in [6.07, 6.45) is 9.26. The Morgan fingerprint density at radius 2 is 1.29 bits per heavy atom. The fourth-order valence-electron chi connectivity index (χ4n) is 4.14. The highest BCUT2D eigenvalue weighted by Gasteiger charge is 2.43. The van der Waals surface area contributed by atoms with Crippen LogP contribution in [0.25, 0.3) is 0 Å². The van der Waals surface area contributed by atoms with E-state index in [0.717, 1.165) is 25.7 Å². The zero-order chi connectivity index (χ0) is 15.3. The van der Waals surface area contributed by atoms with Crippen molar-refractivity contribution in [3.63, 3.8) is 0 Å². The molecule has 0 aromatic rings. The molecule has 2 aliphatic rings. The van der Waals surface area contributed by atoms with Crippen molar-refractivity contribution in [3.8, 4) is 0 Å². The van der Waals surface area contributed by atoms with E-state index >= 15 is 0 Å². The lowest BCUT2D eigenvalue weighted by Gasteiger charge is -2.45. The second-order valence-corrected chi connectivity index (χ2v) is 7.73. The molecule has 2 aliphatic carbocycles. The summed E-state index contributed by atoms with van der Waals surface area (Å²) >= 11 is 0. The van der Waals surface area contributed by atoms with Gasteiger partial charge in [-0.05, 0) is 51.4 Å². The topological polar surface area (TPSA) is 27.7 Å². The standard InChI is InChI=1S/C18H34O3/c1-17(2,15-10-7-11-15)21-14-18(12-19-3,13-20-4)16-8-5-6-9-16/h15-16H,5-14H2,1-4H3. The van der Waals surface area contributed by atoms with Crippen LogP contribution in [0.3, 0.4) is 0 Å². The monoisotopic (exact) mass is 298 g/mol. The molecule has 0 saturated heterocycles. The van der Waals surface area contributed by atoms with Gasteiger partial charge in [0.15, 0.2) is 0 Å². The van der Waals surface area contributed by atoms with Crippen LogP contribution in [-0.4, -0.2) is 39.6 Å². The molecule has 3 nitrogen and oxygen atoms in total. The molecular formula is C18H34O3. The molecule has 0 heterocycles. The van der Waals surface area contributed by atoms with E-state index in [9.17, 15) is 0 Å². The summed E-state index contributed by atoms with van der Waals surface area (Å²) in [5, 5.41) is 0. The van der Waals surface area contributed by atoms with Gasteiger partial charge in [-0.15, -0.1) is 0 Å². The first-order chi connectivity index (χ1) is 10.0. The fourth-order valence-corrected chi connectivity index (χ4v) is 4.14. The molecule has 0 unspecified atom stereocenters. The molecule has 0 atom stereocenters. The molecule has 0 spiro atoms. The SMILES string of the molecule is COCC(COC)(COC(C)(C)C1CCC1)C1CCCC1. The first kappa shape index (κ1) is 17.2. The van der Waals surface area contributed by atoms with E-state index in [4.69, 9.17) is 14.2 Å². The Morgan fingerprint density at radius 3 is 1.71 bits per heavy atom. The Bertz CT molecular complexity index is 298. The van der Waals surface area contributed by atoms with Crippen LogP contribution in [0.1, 0.15) is 58.8 Å². The second kappa shape index (κ2) is 7.43. The summed E-state index contributed by atoms with van der Waals surface area (Å²) < 4.78 is 17.6. The Hall–Kier alpha value is -0.120. The first-order valence-corrected chi connectivity index (χ1v) is 8.66. The van der Waals surface area contributed by atoms with Gasteiger partial charge in [0.1, 0.15) is 0 Å². The van der Waals surface area contributed by atoms with Crippen LogP contribution in [0.15, 0.2) is 0 Å². The number of methoxy groups -OCH3 is 2. The van der Waals surface area contributed by atoms with Gasteiger partial charge in [0.2, 0.25) is 0 Å². The molecule has 0 aromatic heterocycles. The highest BCUT2D eigenvalue weighted by atomic mass is 16.5. The smallest absolute Gasteiger partial charge is 0.0654 e. The zero-order valence-corrected chi connectivity index (χ0v) is 14.5. The van der Waals surface area contributed by atoms with Gasteiger partial charge in [0, 0.05) is 19.6 Å². The fraction of sp³-hybridized carbons (Fsp3) is 1.00. The third-order valence-corrected chi connectivity index (χ3v) is 5.90. The van der Waals surface area contributed by atoms with Crippen LogP contribution in [0, 0.1) is 17.3 Å². The van der Waals surface area contributed by atoms with Gasteiger partial charge < -0.3 is 14.2 Å². The lowest BCUT2D eigenvalue weighted by atomic mass is 9.73. The zero-order valence-electron chi connectivity index (χ0n) is 14.5. The van der Waals surface area contributed by atoms with E-state index in [-0.39, 0.29) is 11.0 Å². The summed E-state index contributed by atoms with van der Waals surface area (Å²) in [5.74, 6) is 1.40. The van der Waals surface area contributed by atoms with E-state index in [0.29, 0.717) is 5.92 Å². The number of ether oxygens (including phenoxy) is 3. The lowest BCUT2D eigenvalue weighted by molar-refractivity contribution is -0.151. The third-order valence-electron chi connectivity index (χ3n) is 5.90. The van der Waals surface area contributed by atoms with Gasteiger partial charge in [0.05, 0.1) is 25.4 Å². The van der Waals surface area contributed by atoms with Crippen LogP contribution >= 0.6 is 0 Å². The van der Waals surface area contributed by atoms with E-state index < -0.39 is 0 Å². The predicted octanol–water partition coefficient (Wildman–Crippen LogP) is 4.05. The number of hydrogen-bond donors (Lipinski definition) is 0. The summed E-state index contributed by atoms with van der Waals surface area (Å²) in [7, 11) is 3.60. The summed E-state index contributed by atoms with van der Waals surface area (Å²) in [6.45, 7) is 6.77. The van der Waals surface area contributed by atoms with Crippen LogP contribution in [0.4, 0.5) is 0 Å². The van der Waals surface area contributed by atoms with Crippen LogP contribution in [0.5, 0.6) is 0 Å². The third kappa shape index (κ3) is 4.00.